The number of hydrogen-bond acceptors (Lipinski definition) is 6. The lowest BCUT2D eigenvalue weighted by molar-refractivity contribution is -0.129. The van der Waals surface area contributed by atoms with Crippen molar-refractivity contribution < 1.29 is 4.79 Å². The molecule has 3 heterocycles. The van der Waals surface area contributed by atoms with Gasteiger partial charge in [0.05, 0.1) is 6.54 Å². The number of thiophene rings is 1. The number of carbonyl (C=O) groups is 1. The van der Waals surface area contributed by atoms with Crippen LogP contribution in [0.25, 0.3) is 0 Å². The quantitative estimate of drug-likeness (QED) is 0.885. The Hall–Kier alpha value is -1.80. The van der Waals surface area contributed by atoms with Gasteiger partial charge < -0.3 is 5.32 Å². The van der Waals surface area contributed by atoms with Crippen LogP contribution in [0.3, 0.4) is 0 Å². The third kappa shape index (κ3) is 2.96. The largest absolute Gasteiger partial charge is 0.353 e. The van der Waals surface area contributed by atoms with Crippen LogP contribution in [-0.4, -0.2) is 44.1 Å². The summed E-state index contributed by atoms with van der Waals surface area (Å²) < 4.78 is 1.82. The molecule has 112 valence electrons. The van der Waals surface area contributed by atoms with E-state index in [4.69, 9.17) is 0 Å². The number of hydrogen-bond donors (Lipinski definition) is 1. The lowest BCUT2D eigenvalue weighted by Crippen LogP contribution is -2.49. The number of aromatic nitrogens is 4. The highest BCUT2D eigenvalue weighted by molar-refractivity contribution is 7.10. The number of aryl methyl sites for hydroxylation is 1. The molecule has 0 radical (unpaired) electrons. The highest BCUT2D eigenvalue weighted by atomic mass is 32.1. The first-order chi connectivity index (χ1) is 10.3. The minimum atomic E-state index is -0.245. The molecule has 1 amide bonds. The third-order valence-electron chi connectivity index (χ3n) is 3.51. The van der Waals surface area contributed by atoms with Gasteiger partial charge in [0.2, 0.25) is 5.91 Å². The van der Waals surface area contributed by atoms with Gasteiger partial charge in [-0.25, -0.2) is 4.68 Å². The van der Waals surface area contributed by atoms with Gasteiger partial charge in [-0.3, -0.25) is 9.69 Å². The van der Waals surface area contributed by atoms with E-state index in [0.717, 1.165) is 30.2 Å². The molecule has 1 N–H and O–H groups in total. The SMILES string of the molecule is CCCn1nnnc1CN1CCNC(=O)[C@H]1c1cccs1. The van der Waals surface area contributed by atoms with E-state index in [1.165, 1.54) is 0 Å². The fourth-order valence-electron chi connectivity index (χ4n) is 2.54. The zero-order valence-electron chi connectivity index (χ0n) is 11.9. The first kappa shape index (κ1) is 14.2. The predicted molar refractivity (Wildman–Crippen MR) is 78.6 cm³/mol. The van der Waals surface area contributed by atoms with Gasteiger partial charge in [-0.2, -0.15) is 0 Å². The second-order valence-corrected chi connectivity index (χ2v) is 5.98. The zero-order valence-corrected chi connectivity index (χ0v) is 12.7. The molecule has 8 heteroatoms. The summed E-state index contributed by atoms with van der Waals surface area (Å²) >= 11 is 1.60. The van der Waals surface area contributed by atoms with Crippen LogP contribution in [0.1, 0.15) is 30.1 Å². The number of tetrazole rings is 1. The Morgan fingerprint density at radius 3 is 3.19 bits per heavy atom. The van der Waals surface area contributed by atoms with Crippen molar-refractivity contribution in [2.45, 2.75) is 32.5 Å². The van der Waals surface area contributed by atoms with Gasteiger partial charge in [0, 0.05) is 24.5 Å². The van der Waals surface area contributed by atoms with Crippen molar-refractivity contribution in [2.75, 3.05) is 13.1 Å². The molecule has 2 aromatic heterocycles. The molecule has 0 unspecified atom stereocenters. The maximum atomic E-state index is 12.2. The van der Waals surface area contributed by atoms with Crippen LogP contribution in [0.5, 0.6) is 0 Å². The smallest absolute Gasteiger partial charge is 0.242 e. The second kappa shape index (κ2) is 6.31. The average Bonchev–Trinajstić information content (AvgIpc) is 3.12. The summed E-state index contributed by atoms with van der Waals surface area (Å²) in [4.78, 5) is 15.4. The zero-order chi connectivity index (χ0) is 14.7. The predicted octanol–water partition coefficient (Wildman–Crippen LogP) is 0.818. The normalized spacial score (nSPS) is 19.7. The van der Waals surface area contributed by atoms with Gasteiger partial charge in [0.25, 0.3) is 0 Å². The molecule has 0 aromatic carbocycles. The van der Waals surface area contributed by atoms with E-state index >= 15 is 0 Å². The molecule has 0 aliphatic carbocycles. The van der Waals surface area contributed by atoms with Crippen LogP contribution in [0.4, 0.5) is 0 Å². The van der Waals surface area contributed by atoms with E-state index in [9.17, 15) is 4.79 Å². The van der Waals surface area contributed by atoms with Crippen LogP contribution in [-0.2, 0) is 17.9 Å². The molecule has 0 bridgehead atoms. The van der Waals surface area contributed by atoms with Gasteiger partial charge >= 0.3 is 0 Å². The van der Waals surface area contributed by atoms with Crippen molar-refractivity contribution in [3.63, 3.8) is 0 Å². The minimum absolute atomic E-state index is 0.0539. The molecule has 1 fully saturated rings. The summed E-state index contributed by atoms with van der Waals surface area (Å²) in [6, 6.07) is 3.73. The van der Waals surface area contributed by atoms with Crippen LogP contribution < -0.4 is 5.32 Å². The van der Waals surface area contributed by atoms with Crippen molar-refractivity contribution >= 4 is 17.2 Å². The van der Waals surface area contributed by atoms with E-state index < -0.39 is 0 Å². The van der Waals surface area contributed by atoms with Crippen LogP contribution in [0, 0.1) is 0 Å². The Balaban J connectivity index is 1.81. The second-order valence-electron chi connectivity index (χ2n) is 5.00. The van der Waals surface area contributed by atoms with Crippen molar-refractivity contribution in [3.05, 3.63) is 28.2 Å². The maximum absolute atomic E-state index is 12.2. The fraction of sp³-hybridized carbons (Fsp3) is 0.538. The number of piperazine rings is 1. The highest BCUT2D eigenvalue weighted by Gasteiger charge is 2.32. The summed E-state index contributed by atoms with van der Waals surface area (Å²) in [7, 11) is 0. The molecule has 1 aliphatic rings. The van der Waals surface area contributed by atoms with Crippen LogP contribution in [0.15, 0.2) is 17.5 Å². The molecule has 3 rings (SSSR count). The monoisotopic (exact) mass is 306 g/mol. The van der Waals surface area contributed by atoms with Crippen LogP contribution in [0.2, 0.25) is 0 Å². The van der Waals surface area contributed by atoms with Gasteiger partial charge in [0.1, 0.15) is 6.04 Å². The lowest BCUT2D eigenvalue weighted by atomic mass is 10.1. The summed E-state index contributed by atoms with van der Waals surface area (Å²) in [5, 5.41) is 16.8. The van der Waals surface area contributed by atoms with E-state index in [2.05, 4.69) is 32.7 Å². The Morgan fingerprint density at radius 2 is 2.43 bits per heavy atom. The topological polar surface area (TPSA) is 75.9 Å². The molecule has 2 aromatic rings. The van der Waals surface area contributed by atoms with E-state index in [1.54, 1.807) is 11.3 Å². The molecule has 1 saturated heterocycles. The molecule has 21 heavy (non-hydrogen) atoms. The lowest BCUT2D eigenvalue weighted by Gasteiger charge is -2.33. The number of nitrogens with zero attached hydrogens (tertiary/aromatic N) is 5. The Labute approximate surface area is 126 Å². The van der Waals surface area contributed by atoms with E-state index in [1.807, 2.05) is 22.2 Å². The number of nitrogens with one attached hydrogen (secondary N) is 1. The molecular formula is C13H18N6OS. The molecule has 1 aliphatic heterocycles. The summed E-state index contributed by atoms with van der Waals surface area (Å²) in [5.74, 6) is 0.867. The minimum Gasteiger partial charge on any atom is -0.353 e. The first-order valence-electron chi connectivity index (χ1n) is 7.09. The Kier molecular flexibility index (Phi) is 4.26. The fourth-order valence-corrected chi connectivity index (χ4v) is 3.40. The summed E-state index contributed by atoms with van der Waals surface area (Å²) in [6.07, 6.45) is 0.979. The first-order valence-corrected chi connectivity index (χ1v) is 7.97. The van der Waals surface area contributed by atoms with Gasteiger partial charge in [-0.1, -0.05) is 13.0 Å². The van der Waals surface area contributed by atoms with E-state index in [-0.39, 0.29) is 11.9 Å². The van der Waals surface area contributed by atoms with Gasteiger partial charge in [-0.15, -0.1) is 16.4 Å². The van der Waals surface area contributed by atoms with Crippen LogP contribution >= 0.6 is 11.3 Å². The number of amides is 1. The van der Waals surface area contributed by atoms with Crippen molar-refractivity contribution in [3.8, 4) is 0 Å². The molecule has 1 atom stereocenters. The van der Waals surface area contributed by atoms with Crippen molar-refractivity contribution in [2.24, 2.45) is 0 Å². The molecule has 7 nitrogen and oxygen atoms in total. The third-order valence-corrected chi connectivity index (χ3v) is 4.44. The number of rotatable bonds is 5. The number of carbonyl (C=O) groups excluding carboxylic acids is 1. The molecular weight excluding hydrogens is 288 g/mol. The van der Waals surface area contributed by atoms with Gasteiger partial charge in [-0.05, 0) is 28.3 Å². The van der Waals surface area contributed by atoms with Crippen molar-refractivity contribution in [1.29, 1.82) is 0 Å². The van der Waals surface area contributed by atoms with Gasteiger partial charge in [0.15, 0.2) is 5.82 Å². The highest BCUT2D eigenvalue weighted by Crippen LogP contribution is 2.28. The van der Waals surface area contributed by atoms with E-state index in [0.29, 0.717) is 13.1 Å². The van der Waals surface area contributed by atoms with Crippen molar-refractivity contribution in [1.82, 2.24) is 30.4 Å². The summed E-state index contributed by atoms with van der Waals surface area (Å²) in [6.45, 7) is 4.94. The summed E-state index contributed by atoms with van der Waals surface area (Å²) in [5.41, 5.74) is 0. The molecule has 0 spiro atoms. The average molecular weight is 306 g/mol. The molecule has 0 saturated carbocycles. The maximum Gasteiger partial charge on any atom is 0.242 e. The Bertz CT molecular complexity index is 596. The Morgan fingerprint density at radius 1 is 1.52 bits per heavy atom. The standard InChI is InChI=1S/C13H18N6OS/c1-2-6-19-11(15-16-17-19)9-18-7-5-14-13(20)12(18)10-4-3-8-21-10/h3-4,8,12H,2,5-7,9H2,1H3,(H,14,20)/t12-/m1/s1.